The molecule has 82 valence electrons. The van der Waals surface area contributed by atoms with Crippen molar-refractivity contribution in [3.63, 3.8) is 0 Å². The predicted molar refractivity (Wildman–Crippen MR) is 51.5 cm³/mol. The van der Waals surface area contributed by atoms with Crippen molar-refractivity contribution < 1.29 is 19.4 Å². The normalized spacial score (nSPS) is 10.1. The molecular weight excluding hydrogens is 203 g/mol. The van der Waals surface area contributed by atoms with E-state index in [0.717, 1.165) is 6.07 Å². The van der Waals surface area contributed by atoms with E-state index in [1.807, 2.05) is 0 Å². The summed E-state index contributed by atoms with van der Waals surface area (Å²) in [7, 11) is 1.52. The van der Waals surface area contributed by atoms with Crippen molar-refractivity contribution in [3.8, 4) is 0 Å². The van der Waals surface area contributed by atoms with E-state index in [4.69, 9.17) is 10.2 Å². The van der Waals surface area contributed by atoms with E-state index < -0.39 is 17.3 Å². The van der Waals surface area contributed by atoms with Crippen molar-refractivity contribution in [2.75, 3.05) is 25.1 Å². The molecule has 1 rings (SSSR count). The topological polar surface area (TPSA) is 73.7 Å². The third-order valence-electron chi connectivity index (χ3n) is 1.90. The number of rotatable bonds is 4. The number of aliphatic hydroxyl groups is 1. The Labute approximate surface area is 85.8 Å². The van der Waals surface area contributed by atoms with Crippen LogP contribution in [0.1, 0.15) is 10.4 Å². The highest BCUT2D eigenvalue weighted by molar-refractivity contribution is 5.88. The number of hydrogen-bond donors (Lipinski definition) is 2. The van der Waals surface area contributed by atoms with Crippen LogP contribution in [-0.2, 0) is 0 Å². The lowest BCUT2D eigenvalue weighted by Crippen LogP contribution is -2.24. The van der Waals surface area contributed by atoms with Crippen LogP contribution in [0.2, 0.25) is 0 Å². The molecule has 0 fully saturated rings. The van der Waals surface area contributed by atoms with Crippen LogP contribution in [-0.4, -0.2) is 41.4 Å². The quantitative estimate of drug-likeness (QED) is 0.756. The average Bonchev–Trinajstić information content (AvgIpc) is 2.17. The second kappa shape index (κ2) is 4.70. The van der Waals surface area contributed by atoms with E-state index in [-0.39, 0.29) is 19.0 Å². The Bertz CT molecular complexity index is 370. The zero-order valence-electron chi connectivity index (χ0n) is 8.14. The van der Waals surface area contributed by atoms with Crippen LogP contribution in [0.4, 0.5) is 10.2 Å². The number of carboxylic acids is 1. The lowest BCUT2D eigenvalue weighted by molar-refractivity contribution is 0.0692. The van der Waals surface area contributed by atoms with E-state index in [1.165, 1.54) is 18.1 Å². The molecule has 0 atom stereocenters. The second-order valence-electron chi connectivity index (χ2n) is 2.95. The van der Waals surface area contributed by atoms with Crippen LogP contribution < -0.4 is 4.90 Å². The monoisotopic (exact) mass is 214 g/mol. The summed E-state index contributed by atoms with van der Waals surface area (Å²) in [5.74, 6) is -2.31. The molecule has 0 bridgehead atoms. The predicted octanol–water partition coefficient (Wildman–Crippen LogP) is 0.347. The number of likely N-dealkylation sites (N-methyl/N-ethyl adjacent to an activating group) is 1. The van der Waals surface area contributed by atoms with Gasteiger partial charge in [0.05, 0.1) is 6.61 Å². The van der Waals surface area contributed by atoms with E-state index in [1.54, 1.807) is 0 Å². The van der Waals surface area contributed by atoms with Gasteiger partial charge in [-0.2, -0.15) is 0 Å². The zero-order chi connectivity index (χ0) is 11.4. The minimum absolute atomic E-state index is 0.0797. The minimum Gasteiger partial charge on any atom is -0.478 e. The van der Waals surface area contributed by atoms with Crippen LogP contribution in [0.3, 0.4) is 0 Å². The average molecular weight is 214 g/mol. The largest absolute Gasteiger partial charge is 0.478 e. The third kappa shape index (κ3) is 2.41. The summed E-state index contributed by atoms with van der Waals surface area (Å²) in [5.41, 5.74) is -0.426. The first-order chi connectivity index (χ1) is 7.07. The Morgan fingerprint density at radius 3 is 2.87 bits per heavy atom. The van der Waals surface area contributed by atoms with E-state index in [2.05, 4.69) is 4.98 Å². The number of aromatic carboxylic acids is 1. The first-order valence-corrected chi connectivity index (χ1v) is 4.27. The lowest BCUT2D eigenvalue weighted by atomic mass is 10.2. The van der Waals surface area contributed by atoms with Gasteiger partial charge in [-0.15, -0.1) is 0 Å². The molecule has 0 aliphatic heterocycles. The Morgan fingerprint density at radius 2 is 2.33 bits per heavy atom. The molecule has 2 N–H and O–H groups in total. The van der Waals surface area contributed by atoms with Crippen molar-refractivity contribution >= 4 is 11.8 Å². The number of aliphatic hydroxyl groups excluding tert-OH is 1. The molecule has 1 aromatic rings. The number of aromatic nitrogens is 1. The first-order valence-electron chi connectivity index (χ1n) is 4.27. The molecule has 0 aliphatic rings. The molecule has 1 heterocycles. The van der Waals surface area contributed by atoms with Gasteiger partial charge in [0.2, 0.25) is 0 Å². The van der Waals surface area contributed by atoms with Gasteiger partial charge >= 0.3 is 5.97 Å². The molecule has 0 saturated heterocycles. The Kier molecular flexibility index (Phi) is 3.56. The van der Waals surface area contributed by atoms with Gasteiger partial charge in [0.25, 0.3) is 0 Å². The molecule has 15 heavy (non-hydrogen) atoms. The van der Waals surface area contributed by atoms with Gasteiger partial charge in [0.15, 0.2) is 11.6 Å². The maximum Gasteiger partial charge on any atom is 0.338 e. The Hall–Kier alpha value is -1.69. The molecule has 0 unspecified atom stereocenters. The maximum atomic E-state index is 13.5. The van der Waals surface area contributed by atoms with Gasteiger partial charge in [-0.1, -0.05) is 0 Å². The molecule has 0 spiro atoms. The summed E-state index contributed by atoms with van der Waals surface area (Å²) < 4.78 is 13.5. The number of carbonyl (C=O) groups is 1. The van der Waals surface area contributed by atoms with E-state index in [9.17, 15) is 9.18 Å². The fraction of sp³-hybridized carbons (Fsp3) is 0.333. The summed E-state index contributed by atoms with van der Waals surface area (Å²) in [5, 5.41) is 17.3. The number of nitrogens with zero attached hydrogens (tertiary/aromatic N) is 2. The van der Waals surface area contributed by atoms with Crippen molar-refractivity contribution in [1.29, 1.82) is 0 Å². The minimum atomic E-state index is -1.34. The van der Waals surface area contributed by atoms with Gasteiger partial charge in [0.1, 0.15) is 5.56 Å². The fourth-order valence-corrected chi connectivity index (χ4v) is 1.12. The smallest absolute Gasteiger partial charge is 0.338 e. The van der Waals surface area contributed by atoms with Gasteiger partial charge in [-0.05, 0) is 6.07 Å². The van der Waals surface area contributed by atoms with Gasteiger partial charge in [0, 0.05) is 19.8 Å². The van der Waals surface area contributed by atoms with Crippen molar-refractivity contribution in [1.82, 2.24) is 4.98 Å². The van der Waals surface area contributed by atoms with Crippen LogP contribution >= 0.6 is 0 Å². The molecule has 0 amide bonds. The zero-order valence-corrected chi connectivity index (χ0v) is 8.14. The van der Waals surface area contributed by atoms with Crippen LogP contribution in [0.5, 0.6) is 0 Å². The molecule has 0 radical (unpaired) electrons. The number of anilines is 1. The summed E-state index contributed by atoms with van der Waals surface area (Å²) in [6.07, 6.45) is 1.22. The van der Waals surface area contributed by atoms with Crippen LogP contribution in [0, 0.1) is 5.82 Å². The highest BCUT2D eigenvalue weighted by Crippen LogP contribution is 2.17. The van der Waals surface area contributed by atoms with Crippen molar-refractivity contribution in [2.45, 2.75) is 0 Å². The summed E-state index contributed by atoms with van der Waals surface area (Å²) >= 11 is 0. The third-order valence-corrected chi connectivity index (χ3v) is 1.90. The standard InChI is InChI=1S/C9H11FN2O3/c1-12(4-5-13)8-7(10)6(9(14)15)2-3-11-8/h2-3,13H,4-5H2,1H3,(H,14,15). The Morgan fingerprint density at radius 1 is 1.67 bits per heavy atom. The lowest BCUT2D eigenvalue weighted by Gasteiger charge is -2.17. The highest BCUT2D eigenvalue weighted by Gasteiger charge is 2.17. The van der Waals surface area contributed by atoms with Crippen molar-refractivity contribution in [2.24, 2.45) is 0 Å². The fourth-order valence-electron chi connectivity index (χ4n) is 1.12. The number of hydrogen-bond acceptors (Lipinski definition) is 4. The highest BCUT2D eigenvalue weighted by atomic mass is 19.1. The van der Waals surface area contributed by atoms with Crippen LogP contribution in [0.15, 0.2) is 12.3 Å². The molecule has 1 aromatic heterocycles. The molecular formula is C9H11FN2O3. The summed E-state index contributed by atoms with van der Waals surface area (Å²) in [4.78, 5) is 15.7. The van der Waals surface area contributed by atoms with Crippen molar-refractivity contribution in [3.05, 3.63) is 23.6 Å². The van der Waals surface area contributed by atoms with E-state index in [0.29, 0.717) is 0 Å². The van der Waals surface area contributed by atoms with Gasteiger partial charge in [-0.25, -0.2) is 14.2 Å². The Balaban J connectivity index is 3.09. The number of carboxylic acid groups (broad SMARTS) is 1. The number of pyridine rings is 1. The molecule has 0 aromatic carbocycles. The summed E-state index contributed by atoms with van der Waals surface area (Å²) in [6, 6.07) is 1.09. The molecule has 6 heteroatoms. The first kappa shape index (κ1) is 11.4. The van der Waals surface area contributed by atoms with Gasteiger partial charge < -0.3 is 15.1 Å². The molecule has 0 aliphatic carbocycles. The van der Waals surface area contributed by atoms with Gasteiger partial charge in [-0.3, -0.25) is 0 Å². The van der Waals surface area contributed by atoms with Crippen LogP contribution in [0.25, 0.3) is 0 Å². The maximum absolute atomic E-state index is 13.5. The number of halogens is 1. The second-order valence-corrected chi connectivity index (χ2v) is 2.95. The molecule has 5 nitrogen and oxygen atoms in total. The summed E-state index contributed by atoms with van der Waals surface area (Å²) in [6.45, 7) is 0.0297. The van der Waals surface area contributed by atoms with E-state index >= 15 is 0 Å². The molecule has 0 saturated carbocycles. The SMILES string of the molecule is CN(CCO)c1nccc(C(=O)O)c1F.